The number of nitrogens with one attached hydrogen (secondary N) is 1. The lowest BCUT2D eigenvalue weighted by molar-refractivity contribution is 0.103. The molecule has 1 heterocycles. The molecule has 0 atom stereocenters. The van der Waals surface area contributed by atoms with Gasteiger partial charge < -0.3 is 10.1 Å². The Morgan fingerprint density at radius 1 is 1.17 bits per heavy atom. The summed E-state index contributed by atoms with van der Waals surface area (Å²) in [6.45, 7) is 1.95. The maximum atomic E-state index is 12.6. The molecule has 1 N–H and O–H groups in total. The van der Waals surface area contributed by atoms with Crippen LogP contribution in [0, 0.1) is 6.92 Å². The second-order valence-corrected chi connectivity index (χ2v) is 5.71. The van der Waals surface area contributed by atoms with Crippen molar-refractivity contribution in [2.75, 3.05) is 12.4 Å². The predicted molar refractivity (Wildman–Crippen MR) is 91.0 cm³/mol. The van der Waals surface area contributed by atoms with Gasteiger partial charge in [-0.05, 0) is 42.2 Å². The van der Waals surface area contributed by atoms with E-state index in [0.717, 1.165) is 28.3 Å². The van der Waals surface area contributed by atoms with Crippen molar-refractivity contribution in [1.29, 1.82) is 0 Å². The van der Waals surface area contributed by atoms with Crippen LogP contribution in [0.5, 0.6) is 5.75 Å². The van der Waals surface area contributed by atoms with Gasteiger partial charge in [-0.1, -0.05) is 34.8 Å². The number of hydrogen-bond donors (Lipinski definition) is 1. The number of anilines is 1. The van der Waals surface area contributed by atoms with Crippen molar-refractivity contribution in [3.05, 3.63) is 59.0 Å². The molecule has 0 fully saturated rings. The number of ether oxygens (including phenoxy) is 1. The quantitative estimate of drug-likeness (QED) is 0.793. The molecule has 6 heteroatoms. The normalized spacial score (nSPS) is 10.3. The molecule has 0 aliphatic heterocycles. The van der Waals surface area contributed by atoms with Crippen LogP contribution in [0.25, 0.3) is 11.3 Å². The first-order valence-corrected chi connectivity index (χ1v) is 7.80. The molecular formula is C17H15N3O2S. The van der Waals surface area contributed by atoms with Crippen LogP contribution in [-0.2, 0) is 0 Å². The number of nitrogens with zero attached hydrogens (tertiary/aromatic N) is 2. The number of benzene rings is 2. The standard InChI is InChI=1S/C17H15N3O2S/c1-11-6-3-4-9-14(11)18-17(21)16-15(19-20-23-16)12-7-5-8-13(10-12)22-2/h3-10H,1-2H3,(H,18,21). The topological polar surface area (TPSA) is 64.1 Å². The first-order chi connectivity index (χ1) is 11.2. The minimum absolute atomic E-state index is 0.216. The van der Waals surface area contributed by atoms with E-state index in [2.05, 4.69) is 14.9 Å². The molecule has 116 valence electrons. The van der Waals surface area contributed by atoms with Crippen LogP contribution in [0.4, 0.5) is 5.69 Å². The summed E-state index contributed by atoms with van der Waals surface area (Å²) in [6, 6.07) is 15.0. The van der Waals surface area contributed by atoms with E-state index >= 15 is 0 Å². The van der Waals surface area contributed by atoms with Crippen LogP contribution >= 0.6 is 11.5 Å². The third-order valence-corrected chi connectivity index (χ3v) is 4.16. The number of carbonyl (C=O) groups is 1. The summed E-state index contributed by atoms with van der Waals surface area (Å²) >= 11 is 1.08. The average Bonchev–Trinajstić information content (AvgIpc) is 3.07. The fourth-order valence-electron chi connectivity index (χ4n) is 2.19. The molecule has 23 heavy (non-hydrogen) atoms. The largest absolute Gasteiger partial charge is 0.497 e. The molecule has 0 saturated heterocycles. The molecule has 3 rings (SSSR count). The summed E-state index contributed by atoms with van der Waals surface area (Å²) in [7, 11) is 1.60. The highest BCUT2D eigenvalue weighted by molar-refractivity contribution is 7.08. The van der Waals surface area contributed by atoms with Gasteiger partial charge in [0, 0.05) is 11.3 Å². The maximum absolute atomic E-state index is 12.6. The van der Waals surface area contributed by atoms with Crippen molar-refractivity contribution in [1.82, 2.24) is 9.59 Å². The fourth-order valence-corrected chi connectivity index (χ4v) is 2.77. The first kappa shape index (κ1) is 15.2. The molecule has 0 unspecified atom stereocenters. The van der Waals surface area contributed by atoms with E-state index in [-0.39, 0.29) is 5.91 Å². The summed E-state index contributed by atoms with van der Waals surface area (Å²) in [5, 5.41) is 7.01. The third-order valence-electron chi connectivity index (χ3n) is 3.43. The van der Waals surface area contributed by atoms with Crippen LogP contribution in [-0.4, -0.2) is 22.6 Å². The lowest BCUT2D eigenvalue weighted by Crippen LogP contribution is -2.12. The number of hydrogen-bond acceptors (Lipinski definition) is 5. The summed E-state index contributed by atoms with van der Waals surface area (Å²) in [5.41, 5.74) is 3.14. The Hall–Kier alpha value is -2.73. The third kappa shape index (κ3) is 3.22. The number of amides is 1. The number of rotatable bonds is 4. The molecule has 0 saturated carbocycles. The minimum Gasteiger partial charge on any atom is -0.497 e. The van der Waals surface area contributed by atoms with E-state index in [9.17, 15) is 4.79 Å². The van der Waals surface area contributed by atoms with Gasteiger partial charge in [0.25, 0.3) is 5.91 Å². The zero-order valence-electron chi connectivity index (χ0n) is 12.7. The van der Waals surface area contributed by atoms with Crippen LogP contribution in [0.15, 0.2) is 48.5 Å². The van der Waals surface area contributed by atoms with E-state index in [0.29, 0.717) is 16.3 Å². The lowest BCUT2D eigenvalue weighted by Gasteiger charge is -2.08. The van der Waals surface area contributed by atoms with Gasteiger partial charge in [0.1, 0.15) is 16.3 Å². The zero-order valence-corrected chi connectivity index (χ0v) is 13.6. The Balaban J connectivity index is 1.91. The number of aryl methyl sites for hydroxylation is 1. The van der Waals surface area contributed by atoms with Crippen molar-refractivity contribution >= 4 is 23.1 Å². The van der Waals surface area contributed by atoms with Gasteiger partial charge in [0.15, 0.2) is 0 Å². The molecule has 1 amide bonds. The second kappa shape index (κ2) is 6.58. The Morgan fingerprint density at radius 2 is 2.00 bits per heavy atom. The summed E-state index contributed by atoms with van der Waals surface area (Å²) in [6.07, 6.45) is 0. The number of aromatic nitrogens is 2. The summed E-state index contributed by atoms with van der Waals surface area (Å²) in [5.74, 6) is 0.493. The van der Waals surface area contributed by atoms with Gasteiger partial charge in [0.05, 0.1) is 7.11 Å². The van der Waals surface area contributed by atoms with Crippen molar-refractivity contribution < 1.29 is 9.53 Å². The maximum Gasteiger partial charge on any atom is 0.269 e. The molecule has 1 aromatic heterocycles. The smallest absolute Gasteiger partial charge is 0.269 e. The van der Waals surface area contributed by atoms with Crippen LogP contribution < -0.4 is 10.1 Å². The van der Waals surface area contributed by atoms with E-state index in [4.69, 9.17) is 4.74 Å². The number of para-hydroxylation sites is 1. The van der Waals surface area contributed by atoms with E-state index < -0.39 is 0 Å². The molecule has 3 aromatic rings. The van der Waals surface area contributed by atoms with E-state index in [1.54, 1.807) is 7.11 Å². The number of methoxy groups -OCH3 is 1. The van der Waals surface area contributed by atoms with Crippen molar-refractivity contribution in [3.8, 4) is 17.0 Å². The molecule has 0 spiro atoms. The van der Waals surface area contributed by atoms with Crippen LogP contribution in [0.2, 0.25) is 0 Å². The van der Waals surface area contributed by atoms with Gasteiger partial charge in [0.2, 0.25) is 0 Å². The van der Waals surface area contributed by atoms with Gasteiger partial charge in [-0.25, -0.2) is 0 Å². The van der Waals surface area contributed by atoms with Gasteiger partial charge >= 0.3 is 0 Å². The molecule has 2 aromatic carbocycles. The van der Waals surface area contributed by atoms with E-state index in [1.807, 2.05) is 55.5 Å². The fraction of sp³-hybridized carbons (Fsp3) is 0.118. The minimum atomic E-state index is -0.216. The number of carbonyl (C=O) groups excluding carboxylic acids is 1. The highest BCUT2D eigenvalue weighted by atomic mass is 32.1. The summed E-state index contributed by atoms with van der Waals surface area (Å²) in [4.78, 5) is 13.0. The predicted octanol–water partition coefficient (Wildman–Crippen LogP) is 3.77. The Labute approximate surface area is 138 Å². The molecule has 0 aliphatic carbocycles. The van der Waals surface area contributed by atoms with Crippen LogP contribution in [0.3, 0.4) is 0 Å². The summed E-state index contributed by atoms with van der Waals surface area (Å²) < 4.78 is 9.15. The van der Waals surface area contributed by atoms with Crippen molar-refractivity contribution in [3.63, 3.8) is 0 Å². The molecule has 0 aliphatic rings. The lowest BCUT2D eigenvalue weighted by atomic mass is 10.1. The molecule has 5 nitrogen and oxygen atoms in total. The van der Waals surface area contributed by atoms with Crippen LogP contribution in [0.1, 0.15) is 15.2 Å². The highest BCUT2D eigenvalue weighted by Gasteiger charge is 2.18. The Bertz CT molecular complexity index is 845. The van der Waals surface area contributed by atoms with Gasteiger partial charge in [-0.3, -0.25) is 4.79 Å². The van der Waals surface area contributed by atoms with Gasteiger partial charge in [-0.2, -0.15) is 0 Å². The molecular weight excluding hydrogens is 310 g/mol. The van der Waals surface area contributed by atoms with Crippen molar-refractivity contribution in [2.45, 2.75) is 6.92 Å². The Morgan fingerprint density at radius 3 is 2.78 bits per heavy atom. The molecule has 0 bridgehead atoms. The molecule has 0 radical (unpaired) electrons. The van der Waals surface area contributed by atoms with Gasteiger partial charge in [-0.15, -0.1) is 5.10 Å². The monoisotopic (exact) mass is 325 g/mol. The zero-order chi connectivity index (χ0) is 16.2. The Kier molecular flexibility index (Phi) is 4.34. The highest BCUT2D eigenvalue weighted by Crippen LogP contribution is 2.28. The second-order valence-electron chi connectivity index (χ2n) is 4.95. The first-order valence-electron chi connectivity index (χ1n) is 7.03. The van der Waals surface area contributed by atoms with E-state index in [1.165, 1.54) is 0 Å². The van der Waals surface area contributed by atoms with Crippen molar-refractivity contribution in [2.24, 2.45) is 0 Å². The SMILES string of the molecule is COc1cccc(-c2nnsc2C(=O)Nc2ccccc2C)c1. The average molecular weight is 325 g/mol.